The van der Waals surface area contributed by atoms with Crippen molar-refractivity contribution >= 4 is 35.2 Å². The third-order valence-electron chi connectivity index (χ3n) is 8.87. The second kappa shape index (κ2) is 10.7. The summed E-state index contributed by atoms with van der Waals surface area (Å²) < 4.78 is 12.6. The number of hydrogen-bond donors (Lipinski definition) is 1. The number of fused-ring (bicyclic) bond motifs is 3. The number of benzene rings is 1. The Balaban J connectivity index is 1.12. The summed E-state index contributed by atoms with van der Waals surface area (Å²) in [6, 6.07) is 8.27. The fraction of sp³-hybridized carbons (Fsp3) is 0.452. The minimum atomic E-state index is -0.113. The van der Waals surface area contributed by atoms with Crippen LogP contribution in [0.2, 0.25) is 10.0 Å². The van der Waals surface area contributed by atoms with Crippen LogP contribution in [-0.4, -0.2) is 28.7 Å². The number of amides is 1. The minimum absolute atomic E-state index is 0.0290. The molecule has 7 rings (SSSR count). The highest BCUT2D eigenvalue weighted by atomic mass is 35.5. The molecule has 39 heavy (non-hydrogen) atoms. The lowest BCUT2D eigenvalue weighted by Crippen LogP contribution is -2.46. The molecule has 2 heterocycles. The van der Waals surface area contributed by atoms with E-state index in [1.807, 2.05) is 12.1 Å². The molecule has 2 bridgehead atoms. The largest absolute Gasteiger partial charge is 0.370 e. The van der Waals surface area contributed by atoms with Gasteiger partial charge in [-0.3, -0.25) is 9.78 Å². The van der Waals surface area contributed by atoms with Crippen LogP contribution in [0.3, 0.4) is 0 Å². The topological polar surface area (TPSA) is 77.2 Å². The number of pyridine rings is 1. The van der Waals surface area contributed by atoms with E-state index in [2.05, 4.69) is 39.7 Å². The number of hydrogen-bond acceptors (Lipinski definition) is 5. The number of aromatic nitrogens is 2. The zero-order valence-electron chi connectivity index (χ0n) is 22.1. The maximum Gasteiger partial charge on any atom is 0.224 e. The maximum absolute atomic E-state index is 11.6. The fourth-order valence-electron chi connectivity index (χ4n) is 6.13. The van der Waals surface area contributed by atoms with Crippen molar-refractivity contribution in [3.63, 3.8) is 0 Å². The Bertz CT molecular complexity index is 1350. The molecule has 4 saturated carbocycles. The minimum Gasteiger partial charge on any atom is -0.370 e. The van der Waals surface area contributed by atoms with Crippen molar-refractivity contribution in [3.8, 4) is 11.3 Å². The molecule has 0 atom stereocenters. The third-order valence-corrected chi connectivity index (χ3v) is 9.44. The zero-order valence-corrected chi connectivity index (χ0v) is 23.7. The number of nitrogens with one attached hydrogen (secondary N) is 1. The predicted molar refractivity (Wildman–Crippen MR) is 153 cm³/mol. The summed E-state index contributed by atoms with van der Waals surface area (Å²) in [4.78, 5) is 15.7. The van der Waals surface area contributed by atoms with Crippen molar-refractivity contribution in [2.75, 3.05) is 7.05 Å². The summed E-state index contributed by atoms with van der Waals surface area (Å²) >= 11 is 13.0. The molecule has 1 amide bonds. The molecule has 0 unspecified atom stereocenters. The Morgan fingerprint density at radius 2 is 1.74 bits per heavy atom. The third kappa shape index (κ3) is 5.52. The second-order valence-corrected chi connectivity index (χ2v) is 12.2. The van der Waals surface area contributed by atoms with Gasteiger partial charge in [0.1, 0.15) is 11.5 Å². The summed E-state index contributed by atoms with van der Waals surface area (Å²) in [6.07, 6.45) is 16.9. The van der Waals surface area contributed by atoms with E-state index in [-0.39, 0.29) is 16.9 Å². The average Bonchev–Trinajstić information content (AvgIpc) is 3.72. The van der Waals surface area contributed by atoms with Gasteiger partial charge in [0.05, 0.1) is 28.7 Å². The number of halogens is 2. The van der Waals surface area contributed by atoms with Crippen LogP contribution in [0.15, 0.2) is 47.3 Å². The molecule has 2 aromatic heterocycles. The van der Waals surface area contributed by atoms with E-state index in [1.54, 1.807) is 19.4 Å². The van der Waals surface area contributed by atoms with Crippen LogP contribution in [0.5, 0.6) is 0 Å². The Morgan fingerprint density at radius 1 is 1.08 bits per heavy atom. The number of ether oxygens (including phenoxy) is 1. The van der Waals surface area contributed by atoms with Crippen LogP contribution >= 0.6 is 23.2 Å². The molecule has 3 aromatic rings. The molecule has 0 radical (unpaired) electrons. The molecule has 0 saturated heterocycles. The van der Waals surface area contributed by atoms with Gasteiger partial charge in [-0.2, -0.15) is 0 Å². The lowest BCUT2D eigenvalue weighted by Gasteiger charge is -2.52. The Kier molecular flexibility index (Phi) is 7.30. The van der Waals surface area contributed by atoms with Crippen LogP contribution in [0.25, 0.3) is 17.3 Å². The van der Waals surface area contributed by atoms with E-state index in [9.17, 15) is 4.79 Å². The van der Waals surface area contributed by atoms with E-state index in [0.717, 1.165) is 68.3 Å². The average molecular weight is 567 g/mol. The highest BCUT2D eigenvalue weighted by molar-refractivity contribution is 6.38. The molecule has 1 aromatic carbocycles. The molecule has 4 aliphatic rings. The highest BCUT2D eigenvalue weighted by Crippen LogP contribution is 2.55. The Labute approximate surface area is 239 Å². The van der Waals surface area contributed by atoms with Gasteiger partial charge >= 0.3 is 0 Å². The first-order chi connectivity index (χ1) is 18.9. The zero-order chi connectivity index (χ0) is 27.0. The number of rotatable bonds is 9. The van der Waals surface area contributed by atoms with Crippen molar-refractivity contribution in [1.29, 1.82) is 0 Å². The van der Waals surface area contributed by atoms with Crippen molar-refractivity contribution in [3.05, 3.63) is 75.2 Å². The van der Waals surface area contributed by atoms with Gasteiger partial charge in [0.15, 0.2) is 0 Å². The SMILES string of the molecule is CNC(=O)Cc1ccc(C=CC23CCC(OCc4c(-c5c(Cl)cncc5Cl)noc4C4CC4)(CC2)CC3)cc1. The van der Waals surface area contributed by atoms with Crippen LogP contribution < -0.4 is 5.32 Å². The number of nitrogens with zero attached hydrogens (tertiary/aromatic N) is 2. The molecular formula is C31H33Cl2N3O3. The van der Waals surface area contributed by atoms with E-state index >= 15 is 0 Å². The van der Waals surface area contributed by atoms with E-state index in [4.69, 9.17) is 32.5 Å². The first-order valence-electron chi connectivity index (χ1n) is 13.8. The van der Waals surface area contributed by atoms with Gasteiger partial charge in [-0.1, -0.05) is 64.8 Å². The highest BCUT2D eigenvalue weighted by Gasteiger charge is 2.48. The molecule has 0 spiro atoms. The molecule has 4 fully saturated rings. The normalized spacial score (nSPS) is 24.4. The van der Waals surface area contributed by atoms with Gasteiger partial charge in [0, 0.05) is 36.5 Å². The van der Waals surface area contributed by atoms with Gasteiger partial charge in [-0.05, 0) is 67.9 Å². The molecule has 1 N–H and O–H groups in total. The van der Waals surface area contributed by atoms with Crippen LogP contribution in [0, 0.1) is 5.41 Å². The van der Waals surface area contributed by atoms with Gasteiger partial charge in [-0.15, -0.1) is 0 Å². The first kappa shape index (κ1) is 26.5. The van der Waals surface area contributed by atoms with Crippen LogP contribution in [0.1, 0.15) is 79.7 Å². The monoisotopic (exact) mass is 565 g/mol. The number of carbonyl (C=O) groups is 1. The molecule has 8 heteroatoms. The van der Waals surface area contributed by atoms with Crippen molar-refractivity contribution in [2.24, 2.45) is 5.41 Å². The van der Waals surface area contributed by atoms with Crippen LogP contribution in [-0.2, 0) is 22.6 Å². The second-order valence-electron chi connectivity index (χ2n) is 11.4. The lowest BCUT2D eigenvalue weighted by atomic mass is 9.58. The summed E-state index contributed by atoms with van der Waals surface area (Å²) in [7, 11) is 1.67. The number of carbonyl (C=O) groups excluding carboxylic acids is 1. The van der Waals surface area contributed by atoms with E-state index in [0.29, 0.717) is 40.2 Å². The van der Waals surface area contributed by atoms with Gasteiger partial charge in [0.25, 0.3) is 0 Å². The number of allylic oxidation sites excluding steroid dienone is 1. The molecule has 6 nitrogen and oxygen atoms in total. The summed E-state index contributed by atoms with van der Waals surface area (Å²) in [5.41, 5.74) is 4.63. The Hall–Kier alpha value is -2.67. The summed E-state index contributed by atoms with van der Waals surface area (Å²) in [5.74, 6) is 1.34. The predicted octanol–water partition coefficient (Wildman–Crippen LogP) is 7.53. The van der Waals surface area contributed by atoms with Gasteiger partial charge < -0.3 is 14.6 Å². The maximum atomic E-state index is 11.6. The standard InChI is InChI=1S/C31H33Cl2N3O3/c1-34-26(37)16-21-4-2-20(3-5-21)8-9-30-10-13-31(14-11-30,15-12-30)38-19-23-28(36-39-29(23)22-6-7-22)27-24(32)17-35-18-25(27)33/h2-5,8-9,17-18,22H,6-7,10-16,19H2,1H3,(H,34,37). The molecule has 0 aliphatic heterocycles. The van der Waals surface area contributed by atoms with Gasteiger partial charge in [0.2, 0.25) is 5.91 Å². The van der Waals surface area contributed by atoms with Crippen LogP contribution in [0.4, 0.5) is 0 Å². The Morgan fingerprint density at radius 3 is 2.36 bits per heavy atom. The van der Waals surface area contributed by atoms with Crippen molar-refractivity contribution < 1.29 is 14.1 Å². The fourth-order valence-corrected chi connectivity index (χ4v) is 6.67. The van der Waals surface area contributed by atoms with E-state index < -0.39 is 0 Å². The molecule has 4 aliphatic carbocycles. The smallest absolute Gasteiger partial charge is 0.224 e. The summed E-state index contributed by atoms with van der Waals surface area (Å²) in [6.45, 7) is 0.449. The number of likely N-dealkylation sites (N-methyl/N-ethyl adjacent to an activating group) is 1. The molecular weight excluding hydrogens is 533 g/mol. The van der Waals surface area contributed by atoms with Crippen molar-refractivity contribution in [1.82, 2.24) is 15.5 Å². The van der Waals surface area contributed by atoms with Gasteiger partial charge in [-0.25, -0.2) is 0 Å². The lowest BCUT2D eigenvalue weighted by molar-refractivity contribution is -0.133. The quantitative estimate of drug-likeness (QED) is 0.290. The summed E-state index contributed by atoms with van der Waals surface area (Å²) in [5, 5.41) is 8.00. The van der Waals surface area contributed by atoms with Crippen molar-refractivity contribution in [2.45, 2.75) is 75.9 Å². The van der Waals surface area contributed by atoms with E-state index in [1.165, 1.54) is 5.56 Å². The molecule has 204 valence electrons. The first-order valence-corrected chi connectivity index (χ1v) is 14.6.